The topological polar surface area (TPSA) is 54.0 Å². The normalized spacial score (nSPS) is 12.0. The highest BCUT2D eigenvalue weighted by Gasteiger charge is 2.11. The van der Waals surface area contributed by atoms with Crippen molar-refractivity contribution in [2.45, 2.75) is 52.0 Å². The van der Waals surface area contributed by atoms with Gasteiger partial charge in [-0.2, -0.15) is 0 Å². The highest BCUT2D eigenvalue weighted by Crippen LogP contribution is 2.14. The molecule has 0 fully saturated rings. The summed E-state index contributed by atoms with van der Waals surface area (Å²) in [6.07, 6.45) is 5.86. The predicted molar refractivity (Wildman–Crippen MR) is 84.5 cm³/mol. The van der Waals surface area contributed by atoms with Gasteiger partial charge in [-0.05, 0) is 25.5 Å². The number of hydrogen-bond donors (Lipinski definition) is 2. The first kappa shape index (κ1) is 16.8. The first-order chi connectivity index (χ1) is 9.56. The number of anilines is 1. The molecule has 1 aromatic rings. The van der Waals surface area contributed by atoms with Crippen molar-refractivity contribution in [3.63, 3.8) is 0 Å². The van der Waals surface area contributed by atoms with Gasteiger partial charge in [0.05, 0.1) is 0 Å². The van der Waals surface area contributed by atoms with E-state index in [1.807, 2.05) is 6.92 Å². The first-order valence-electron chi connectivity index (χ1n) is 7.23. The fourth-order valence-corrected chi connectivity index (χ4v) is 2.22. The lowest BCUT2D eigenvalue weighted by Gasteiger charge is -2.14. The molecule has 0 radical (unpaired) electrons. The molecule has 0 aliphatic rings. The Morgan fingerprint density at radius 3 is 2.75 bits per heavy atom. The molecule has 1 heterocycles. The summed E-state index contributed by atoms with van der Waals surface area (Å²) >= 11 is 5.90. The summed E-state index contributed by atoms with van der Waals surface area (Å²) in [6.45, 7) is 4.23. The van der Waals surface area contributed by atoms with Crippen LogP contribution in [0.3, 0.4) is 0 Å². The molecule has 1 rings (SSSR count). The minimum Gasteiger partial charge on any atom is -0.373 e. The van der Waals surface area contributed by atoms with Gasteiger partial charge in [-0.15, -0.1) is 0 Å². The summed E-state index contributed by atoms with van der Waals surface area (Å²) in [4.78, 5) is 16.2. The van der Waals surface area contributed by atoms with Crippen molar-refractivity contribution in [1.29, 1.82) is 0 Å². The molecule has 0 aromatic carbocycles. The van der Waals surface area contributed by atoms with E-state index in [1.54, 1.807) is 19.2 Å². The molecule has 4 nitrogen and oxygen atoms in total. The van der Waals surface area contributed by atoms with Crippen LogP contribution in [0.2, 0.25) is 5.15 Å². The van der Waals surface area contributed by atoms with E-state index >= 15 is 0 Å². The molecule has 0 aliphatic heterocycles. The number of nitrogens with one attached hydrogen (secondary N) is 2. The number of hydrogen-bond acceptors (Lipinski definition) is 3. The lowest BCUT2D eigenvalue weighted by atomic mass is 10.1. The van der Waals surface area contributed by atoms with Crippen molar-refractivity contribution in [3.8, 4) is 0 Å². The summed E-state index contributed by atoms with van der Waals surface area (Å²) in [5.41, 5.74) is 0.537. The Bertz CT molecular complexity index is 437. The lowest BCUT2D eigenvalue weighted by molar-refractivity contribution is 0.0938. The third-order valence-electron chi connectivity index (χ3n) is 3.18. The Balaban J connectivity index is 2.51. The van der Waals surface area contributed by atoms with Crippen LogP contribution in [0.25, 0.3) is 0 Å². The molecule has 0 bridgehead atoms. The number of carbonyl (C=O) groups excluding carboxylic acids is 1. The first-order valence-corrected chi connectivity index (χ1v) is 7.60. The fourth-order valence-electron chi connectivity index (χ4n) is 2.01. The zero-order valence-corrected chi connectivity index (χ0v) is 13.3. The maximum atomic E-state index is 12.1. The minimum absolute atomic E-state index is 0.103. The standard InChI is InChI=1S/C15H24ClN3O/c1-4-5-6-7-8-11(2)18-15(20)12-9-13(16)19-14(10-12)17-3/h9-11H,4-8H2,1-3H3,(H,17,19)(H,18,20). The van der Waals surface area contributed by atoms with Crippen LogP contribution in [0, 0.1) is 0 Å². The monoisotopic (exact) mass is 297 g/mol. The second kappa shape index (κ2) is 8.80. The molecule has 112 valence electrons. The van der Waals surface area contributed by atoms with Crippen LogP contribution < -0.4 is 10.6 Å². The van der Waals surface area contributed by atoms with Crippen LogP contribution in [0.4, 0.5) is 5.82 Å². The zero-order chi connectivity index (χ0) is 15.0. The Hall–Kier alpha value is -1.29. The van der Waals surface area contributed by atoms with Crippen LogP contribution in [0.5, 0.6) is 0 Å². The van der Waals surface area contributed by atoms with Gasteiger partial charge >= 0.3 is 0 Å². The zero-order valence-electron chi connectivity index (χ0n) is 12.5. The predicted octanol–water partition coefficient (Wildman–Crippen LogP) is 3.87. The Morgan fingerprint density at radius 1 is 1.35 bits per heavy atom. The molecule has 0 saturated heterocycles. The lowest BCUT2D eigenvalue weighted by Crippen LogP contribution is -2.32. The Labute approximate surface area is 126 Å². The second-order valence-corrected chi connectivity index (χ2v) is 5.42. The van der Waals surface area contributed by atoms with Gasteiger partial charge in [0, 0.05) is 18.7 Å². The molecule has 2 N–H and O–H groups in total. The molecule has 0 aliphatic carbocycles. The van der Waals surface area contributed by atoms with Crippen LogP contribution in [0.15, 0.2) is 12.1 Å². The Kier molecular flexibility index (Phi) is 7.37. The van der Waals surface area contributed by atoms with E-state index in [2.05, 4.69) is 22.5 Å². The van der Waals surface area contributed by atoms with E-state index in [9.17, 15) is 4.79 Å². The van der Waals surface area contributed by atoms with Gasteiger partial charge in [-0.3, -0.25) is 4.79 Å². The molecular weight excluding hydrogens is 274 g/mol. The van der Waals surface area contributed by atoms with E-state index < -0.39 is 0 Å². The molecule has 0 saturated carbocycles. The molecule has 1 atom stereocenters. The van der Waals surface area contributed by atoms with Crippen molar-refractivity contribution < 1.29 is 4.79 Å². The quantitative estimate of drug-likeness (QED) is 0.566. The van der Waals surface area contributed by atoms with E-state index in [1.165, 1.54) is 19.3 Å². The van der Waals surface area contributed by atoms with Gasteiger partial charge in [0.1, 0.15) is 11.0 Å². The number of amides is 1. The van der Waals surface area contributed by atoms with E-state index in [0.29, 0.717) is 16.5 Å². The molecule has 1 aromatic heterocycles. The van der Waals surface area contributed by atoms with E-state index in [-0.39, 0.29) is 11.9 Å². The van der Waals surface area contributed by atoms with Gasteiger partial charge in [-0.1, -0.05) is 44.2 Å². The number of halogens is 1. The molecule has 1 amide bonds. The van der Waals surface area contributed by atoms with Crippen molar-refractivity contribution in [1.82, 2.24) is 10.3 Å². The van der Waals surface area contributed by atoms with Crippen molar-refractivity contribution in [2.24, 2.45) is 0 Å². The third-order valence-corrected chi connectivity index (χ3v) is 3.37. The van der Waals surface area contributed by atoms with Crippen molar-refractivity contribution in [2.75, 3.05) is 12.4 Å². The van der Waals surface area contributed by atoms with E-state index in [4.69, 9.17) is 11.6 Å². The molecule has 5 heteroatoms. The number of rotatable bonds is 8. The smallest absolute Gasteiger partial charge is 0.251 e. The fraction of sp³-hybridized carbons (Fsp3) is 0.600. The maximum absolute atomic E-state index is 12.1. The molecule has 0 spiro atoms. The highest BCUT2D eigenvalue weighted by atomic mass is 35.5. The molecule has 1 unspecified atom stereocenters. The van der Waals surface area contributed by atoms with Crippen LogP contribution >= 0.6 is 11.6 Å². The largest absolute Gasteiger partial charge is 0.373 e. The summed E-state index contributed by atoms with van der Waals surface area (Å²) in [5, 5.41) is 6.20. The molecule has 20 heavy (non-hydrogen) atoms. The summed E-state index contributed by atoms with van der Waals surface area (Å²) in [5.74, 6) is 0.493. The van der Waals surface area contributed by atoms with Crippen molar-refractivity contribution in [3.05, 3.63) is 22.8 Å². The number of aromatic nitrogens is 1. The second-order valence-electron chi connectivity index (χ2n) is 5.04. The van der Waals surface area contributed by atoms with Crippen LogP contribution in [0.1, 0.15) is 56.3 Å². The van der Waals surface area contributed by atoms with Gasteiger partial charge in [0.15, 0.2) is 0 Å². The average molecular weight is 298 g/mol. The Morgan fingerprint density at radius 2 is 2.10 bits per heavy atom. The molecular formula is C15H24ClN3O. The summed E-state index contributed by atoms with van der Waals surface area (Å²) in [7, 11) is 1.75. The third kappa shape index (κ3) is 5.78. The van der Waals surface area contributed by atoms with Crippen LogP contribution in [-0.4, -0.2) is 24.0 Å². The van der Waals surface area contributed by atoms with Gasteiger partial charge in [0.2, 0.25) is 0 Å². The highest BCUT2D eigenvalue weighted by molar-refractivity contribution is 6.29. The van der Waals surface area contributed by atoms with Gasteiger partial charge in [-0.25, -0.2) is 4.98 Å². The minimum atomic E-state index is -0.103. The average Bonchev–Trinajstić information content (AvgIpc) is 2.42. The summed E-state index contributed by atoms with van der Waals surface area (Å²) < 4.78 is 0. The van der Waals surface area contributed by atoms with Gasteiger partial charge in [0.25, 0.3) is 5.91 Å². The number of unbranched alkanes of at least 4 members (excludes halogenated alkanes) is 3. The number of pyridine rings is 1. The van der Waals surface area contributed by atoms with Gasteiger partial charge < -0.3 is 10.6 Å². The van der Waals surface area contributed by atoms with Crippen LogP contribution in [-0.2, 0) is 0 Å². The number of carbonyl (C=O) groups is 1. The summed E-state index contributed by atoms with van der Waals surface area (Å²) in [6, 6.07) is 3.45. The van der Waals surface area contributed by atoms with Crippen molar-refractivity contribution >= 4 is 23.3 Å². The number of nitrogens with zero attached hydrogens (tertiary/aromatic N) is 1. The maximum Gasteiger partial charge on any atom is 0.251 e. The van der Waals surface area contributed by atoms with E-state index in [0.717, 1.165) is 12.8 Å². The SMILES string of the molecule is CCCCCCC(C)NC(=O)c1cc(Cl)nc(NC)c1.